The van der Waals surface area contributed by atoms with E-state index < -0.39 is 0 Å². The molecule has 0 atom stereocenters. The van der Waals surface area contributed by atoms with Crippen LogP contribution in [0.3, 0.4) is 0 Å². The zero-order valence-corrected chi connectivity index (χ0v) is 12.2. The molecule has 2 aromatic heterocycles. The second-order valence-electron chi connectivity index (χ2n) is 4.16. The molecule has 0 spiro atoms. The quantitative estimate of drug-likeness (QED) is 0.913. The highest BCUT2D eigenvalue weighted by molar-refractivity contribution is 7.14. The van der Waals surface area contributed by atoms with Crippen molar-refractivity contribution in [1.29, 1.82) is 0 Å². The van der Waals surface area contributed by atoms with Crippen LogP contribution >= 0.6 is 23.7 Å². The molecule has 0 unspecified atom stereocenters. The van der Waals surface area contributed by atoms with Gasteiger partial charge in [0.25, 0.3) is 5.91 Å². The molecular formula is C12H15ClN4OS. The lowest BCUT2D eigenvalue weighted by atomic mass is 10.2. The van der Waals surface area contributed by atoms with Crippen LogP contribution in [0.15, 0.2) is 23.7 Å². The molecule has 0 aliphatic carbocycles. The van der Waals surface area contributed by atoms with Crippen LogP contribution < -0.4 is 11.1 Å². The van der Waals surface area contributed by atoms with Crippen LogP contribution in [0.5, 0.6) is 0 Å². The molecule has 0 aliphatic rings. The first-order valence-corrected chi connectivity index (χ1v) is 6.42. The maximum atomic E-state index is 11.9. The van der Waals surface area contributed by atoms with Gasteiger partial charge in [0.1, 0.15) is 5.69 Å². The van der Waals surface area contributed by atoms with Gasteiger partial charge in [-0.25, -0.2) is 9.97 Å². The minimum Gasteiger partial charge on any atom is -0.397 e. The Hall–Kier alpha value is -1.66. The summed E-state index contributed by atoms with van der Waals surface area (Å²) < 4.78 is 0. The minimum absolute atomic E-state index is 0. The smallest absolute Gasteiger partial charge is 0.276 e. The van der Waals surface area contributed by atoms with Crippen molar-refractivity contribution in [2.24, 2.45) is 0 Å². The summed E-state index contributed by atoms with van der Waals surface area (Å²) in [5.74, 6) is 0.0706. The molecule has 2 aromatic rings. The molecule has 102 valence electrons. The second-order valence-corrected chi connectivity index (χ2v) is 5.02. The van der Waals surface area contributed by atoms with Gasteiger partial charge >= 0.3 is 0 Å². The van der Waals surface area contributed by atoms with Crippen LogP contribution in [0.25, 0.3) is 0 Å². The number of thiazole rings is 1. The lowest BCUT2D eigenvalue weighted by molar-refractivity contribution is 0.102. The Labute approximate surface area is 121 Å². The number of anilines is 2. The van der Waals surface area contributed by atoms with Crippen LogP contribution in [0, 0.1) is 0 Å². The maximum absolute atomic E-state index is 11.9. The average Bonchev–Trinajstić information content (AvgIpc) is 2.78. The van der Waals surface area contributed by atoms with Crippen LogP contribution in [0.4, 0.5) is 10.8 Å². The van der Waals surface area contributed by atoms with Gasteiger partial charge < -0.3 is 5.73 Å². The van der Waals surface area contributed by atoms with Crippen molar-refractivity contribution in [3.05, 3.63) is 35.1 Å². The number of nitrogen functional groups attached to an aromatic ring is 1. The summed E-state index contributed by atoms with van der Waals surface area (Å²) in [6.07, 6.45) is 1.45. The van der Waals surface area contributed by atoms with Gasteiger partial charge in [-0.2, -0.15) is 0 Å². The van der Waals surface area contributed by atoms with Gasteiger partial charge in [0.05, 0.1) is 17.6 Å². The van der Waals surface area contributed by atoms with E-state index in [-0.39, 0.29) is 18.3 Å². The third-order valence-electron chi connectivity index (χ3n) is 2.35. The molecule has 2 heterocycles. The Bertz CT molecular complexity index is 553. The van der Waals surface area contributed by atoms with Gasteiger partial charge in [0.15, 0.2) is 5.13 Å². The Kier molecular flexibility index (Phi) is 5.26. The van der Waals surface area contributed by atoms with E-state index >= 15 is 0 Å². The Morgan fingerprint density at radius 2 is 2.16 bits per heavy atom. The van der Waals surface area contributed by atoms with E-state index in [2.05, 4.69) is 29.1 Å². The fraction of sp³-hybridized carbons (Fsp3) is 0.250. The van der Waals surface area contributed by atoms with Crippen LogP contribution in [0.2, 0.25) is 0 Å². The Balaban J connectivity index is 0.00000180. The molecule has 0 saturated carbocycles. The standard InChI is InChI=1S/C12H14N4OS.ClH/c1-7(2)10-6-18-12(15-10)16-11(17)9-4-3-8(13)5-14-9;/h3-7H,13H2,1-2H3,(H,15,16,17);1H. The van der Waals surface area contributed by atoms with Crippen molar-refractivity contribution in [2.45, 2.75) is 19.8 Å². The van der Waals surface area contributed by atoms with Crippen LogP contribution in [-0.4, -0.2) is 15.9 Å². The number of aromatic nitrogens is 2. The molecule has 19 heavy (non-hydrogen) atoms. The van der Waals surface area contributed by atoms with Crippen molar-refractivity contribution in [3.63, 3.8) is 0 Å². The van der Waals surface area contributed by atoms with Gasteiger partial charge in [0.2, 0.25) is 0 Å². The maximum Gasteiger partial charge on any atom is 0.276 e. The Morgan fingerprint density at radius 3 is 2.68 bits per heavy atom. The zero-order chi connectivity index (χ0) is 13.1. The first-order valence-electron chi connectivity index (χ1n) is 5.54. The average molecular weight is 299 g/mol. The predicted octanol–water partition coefficient (Wildman–Crippen LogP) is 2.92. The molecule has 0 fully saturated rings. The molecule has 7 heteroatoms. The highest BCUT2D eigenvalue weighted by Gasteiger charge is 2.11. The number of rotatable bonds is 3. The number of carbonyl (C=O) groups is 1. The lowest BCUT2D eigenvalue weighted by Gasteiger charge is -2.01. The van der Waals surface area contributed by atoms with Gasteiger partial charge in [0, 0.05) is 5.38 Å². The number of nitrogens with one attached hydrogen (secondary N) is 1. The summed E-state index contributed by atoms with van der Waals surface area (Å²) in [4.78, 5) is 20.1. The predicted molar refractivity (Wildman–Crippen MR) is 80.1 cm³/mol. The summed E-state index contributed by atoms with van der Waals surface area (Å²) in [5, 5.41) is 5.24. The van der Waals surface area contributed by atoms with Crippen LogP contribution in [0.1, 0.15) is 35.9 Å². The van der Waals surface area contributed by atoms with Crippen molar-refractivity contribution in [2.75, 3.05) is 11.1 Å². The number of nitrogens with two attached hydrogens (primary N) is 1. The number of carbonyl (C=O) groups excluding carboxylic acids is 1. The van der Waals surface area contributed by atoms with E-state index in [1.807, 2.05) is 5.38 Å². The highest BCUT2D eigenvalue weighted by Crippen LogP contribution is 2.21. The third kappa shape index (κ3) is 3.90. The SMILES string of the molecule is CC(C)c1csc(NC(=O)c2ccc(N)cn2)n1.Cl. The monoisotopic (exact) mass is 298 g/mol. The van der Waals surface area contributed by atoms with Gasteiger partial charge in [-0.15, -0.1) is 23.7 Å². The van der Waals surface area contributed by atoms with E-state index in [4.69, 9.17) is 5.73 Å². The second kappa shape index (κ2) is 6.49. The van der Waals surface area contributed by atoms with E-state index in [0.717, 1.165) is 5.69 Å². The normalized spacial score (nSPS) is 10.1. The number of nitrogens with zero attached hydrogens (tertiary/aromatic N) is 2. The molecule has 3 N–H and O–H groups in total. The molecule has 0 aliphatic heterocycles. The van der Waals surface area contributed by atoms with Gasteiger partial charge in [-0.05, 0) is 18.1 Å². The fourth-order valence-electron chi connectivity index (χ4n) is 1.31. The summed E-state index contributed by atoms with van der Waals surface area (Å²) in [6.45, 7) is 4.12. The number of hydrogen-bond donors (Lipinski definition) is 2. The molecule has 0 aromatic carbocycles. The van der Waals surface area contributed by atoms with Crippen molar-refractivity contribution in [1.82, 2.24) is 9.97 Å². The first kappa shape index (κ1) is 15.4. The fourth-order valence-corrected chi connectivity index (χ4v) is 2.18. The van der Waals surface area contributed by atoms with Crippen LogP contribution in [-0.2, 0) is 0 Å². The zero-order valence-electron chi connectivity index (χ0n) is 10.6. The number of pyridine rings is 1. The molecule has 1 amide bonds. The summed E-state index contributed by atoms with van der Waals surface area (Å²) >= 11 is 1.41. The van der Waals surface area contributed by atoms with Crippen molar-refractivity contribution in [3.8, 4) is 0 Å². The van der Waals surface area contributed by atoms with E-state index in [0.29, 0.717) is 22.4 Å². The summed E-state index contributed by atoms with van der Waals surface area (Å²) in [7, 11) is 0. The first-order chi connectivity index (χ1) is 8.56. The Morgan fingerprint density at radius 1 is 1.42 bits per heavy atom. The lowest BCUT2D eigenvalue weighted by Crippen LogP contribution is -2.13. The molecule has 0 bridgehead atoms. The van der Waals surface area contributed by atoms with Crippen molar-refractivity contribution >= 4 is 40.5 Å². The number of hydrogen-bond acceptors (Lipinski definition) is 5. The molecular weight excluding hydrogens is 284 g/mol. The largest absolute Gasteiger partial charge is 0.397 e. The van der Waals surface area contributed by atoms with E-state index in [1.165, 1.54) is 17.5 Å². The highest BCUT2D eigenvalue weighted by atomic mass is 35.5. The summed E-state index contributed by atoms with van der Waals surface area (Å²) in [6, 6.07) is 3.23. The third-order valence-corrected chi connectivity index (χ3v) is 3.13. The van der Waals surface area contributed by atoms with Gasteiger partial charge in [-0.1, -0.05) is 13.8 Å². The van der Waals surface area contributed by atoms with E-state index in [9.17, 15) is 4.79 Å². The molecule has 0 saturated heterocycles. The molecule has 5 nitrogen and oxygen atoms in total. The van der Waals surface area contributed by atoms with Gasteiger partial charge in [-0.3, -0.25) is 10.1 Å². The number of amides is 1. The topological polar surface area (TPSA) is 80.9 Å². The summed E-state index contributed by atoms with van der Waals surface area (Å²) in [5.41, 5.74) is 7.34. The minimum atomic E-state index is -0.278. The number of halogens is 1. The van der Waals surface area contributed by atoms with Crippen molar-refractivity contribution < 1.29 is 4.79 Å². The molecule has 0 radical (unpaired) electrons. The van der Waals surface area contributed by atoms with E-state index in [1.54, 1.807) is 12.1 Å². The molecule has 2 rings (SSSR count).